The smallest absolute Gasteiger partial charge is 0.247 e. The summed E-state index contributed by atoms with van der Waals surface area (Å²) < 4.78 is 1.46. The summed E-state index contributed by atoms with van der Waals surface area (Å²) in [6.07, 6.45) is 6.71. The molecule has 0 spiro atoms. The SMILES string of the molecule is CC1CCN(c2cc(NC(=O)Cn3cncn3)ncn2)CC1. The Kier molecular flexibility index (Phi) is 4.27. The molecule has 0 unspecified atom stereocenters. The van der Waals surface area contributed by atoms with Crippen LogP contribution in [0.1, 0.15) is 19.8 Å². The Hall–Kier alpha value is -2.51. The number of carbonyl (C=O) groups is 1. The second-order valence-corrected chi connectivity index (χ2v) is 5.57. The van der Waals surface area contributed by atoms with Crippen molar-refractivity contribution in [3.63, 3.8) is 0 Å². The molecule has 0 radical (unpaired) electrons. The summed E-state index contributed by atoms with van der Waals surface area (Å²) in [4.78, 5) is 26.4. The molecule has 2 aromatic heterocycles. The highest BCUT2D eigenvalue weighted by molar-refractivity contribution is 5.89. The third-order valence-corrected chi connectivity index (χ3v) is 3.80. The average molecular weight is 301 g/mol. The fourth-order valence-corrected chi connectivity index (χ4v) is 2.47. The molecule has 116 valence electrons. The summed E-state index contributed by atoms with van der Waals surface area (Å²) in [6, 6.07) is 1.81. The zero-order valence-corrected chi connectivity index (χ0v) is 12.5. The van der Waals surface area contributed by atoms with Gasteiger partial charge in [0, 0.05) is 19.2 Å². The molecular weight excluding hydrogens is 282 g/mol. The molecule has 3 rings (SSSR count). The summed E-state index contributed by atoms with van der Waals surface area (Å²) in [5.74, 6) is 1.94. The third kappa shape index (κ3) is 3.57. The van der Waals surface area contributed by atoms with Gasteiger partial charge in [0.25, 0.3) is 0 Å². The van der Waals surface area contributed by atoms with Crippen LogP contribution >= 0.6 is 0 Å². The van der Waals surface area contributed by atoms with E-state index < -0.39 is 0 Å². The summed E-state index contributed by atoms with van der Waals surface area (Å²) in [7, 11) is 0. The average Bonchev–Trinajstić information content (AvgIpc) is 3.01. The number of nitrogens with one attached hydrogen (secondary N) is 1. The number of piperidine rings is 1. The first-order valence-corrected chi connectivity index (χ1v) is 7.40. The van der Waals surface area contributed by atoms with Crippen LogP contribution in [0.25, 0.3) is 0 Å². The Morgan fingerprint density at radius 1 is 1.32 bits per heavy atom. The number of carbonyl (C=O) groups excluding carboxylic acids is 1. The van der Waals surface area contributed by atoms with Crippen molar-refractivity contribution in [3.05, 3.63) is 25.0 Å². The van der Waals surface area contributed by atoms with Crippen molar-refractivity contribution in [2.45, 2.75) is 26.3 Å². The molecule has 1 amide bonds. The Morgan fingerprint density at radius 2 is 2.14 bits per heavy atom. The van der Waals surface area contributed by atoms with Crippen molar-refractivity contribution >= 4 is 17.5 Å². The molecule has 1 aliphatic heterocycles. The minimum atomic E-state index is -0.192. The summed E-state index contributed by atoms with van der Waals surface area (Å²) in [5, 5.41) is 6.66. The van der Waals surface area contributed by atoms with Gasteiger partial charge < -0.3 is 10.2 Å². The fourth-order valence-electron chi connectivity index (χ4n) is 2.47. The molecule has 0 aromatic carbocycles. The molecule has 3 heterocycles. The molecule has 1 N–H and O–H groups in total. The molecule has 1 fully saturated rings. The predicted octanol–water partition coefficient (Wildman–Crippen LogP) is 0.943. The first kappa shape index (κ1) is 14.4. The van der Waals surface area contributed by atoms with Crippen molar-refractivity contribution in [1.82, 2.24) is 24.7 Å². The number of hydrogen-bond acceptors (Lipinski definition) is 6. The number of rotatable bonds is 4. The topological polar surface area (TPSA) is 88.8 Å². The maximum Gasteiger partial charge on any atom is 0.247 e. The van der Waals surface area contributed by atoms with E-state index in [0.717, 1.165) is 37.7 Å². The van der Waals surface area contributed by atoms with Gasteiger partial charge in [-0.25, -0.2) is 19.6 Å². The Labute approximate surface area is 128 Å². The van der Waals surface area contributed by atoms with Gasteiger partial charge in [0.2, 0.25) is 5.91 Å². The van der Waals surface area contributed by atoms with E-state index in [1.807, 2.05) is 6.07 Å². The Bertz CT molecular complexity index is 620. The zero-order valence-electron chi connectivity index (χ0n) is 12.5. The molecule has 2 aromatic rings. The lowest BCUT2D eigenvalue weighted by Crippen LogP contribution is -2.33. The van der Waals surface area contributed by atoms with Crippen LogP contribution in [0.5, 0.6) is 0 Å². The quantitative estimate of drug-likeness (QED) is 0.904. The maximum absolute atomic E-state index is 11.9. The van der Waals surface area contributed by atoms with Crippen molar-refractivity contribution in [2.75, 3.05) is 23.3 Å². The van der Waals surface area contributed by atoms with Gasteiger partial charge in [0.05, 0.1) is 0 Å². The monoisotopic (exact) mass is 301 g/mol. The van der Waals surface area contributed by atoms with E-state index in [0.29, 0.717) is 5.82 Å². The number of nitrogens with zero attached hydrogens (tertiary/aromatic N) is 6. The van der Waals surface area contributed by atoms with Crippen LogP contribution in [0.2, 0.25) is 0 Å². The highest BCUT2D eigenvalue weighted by atomic mass is 16.2. The standard InChI is InChI=1S/C14H19N7O/c1-11-2-4-20(5-3-11)13-6-12(16-9-17-13)19-14(22)7-21-10-15-8-18-21/h6,8-11H,2-5,7H2,1H3,(H,16,17,19,22). The second-order valence-electron chi connectivity index (χ2n) is 5.57. The van der Waals surface area contributed by atoms with Gasteiger partial charge in [-0.3, -0.25) is 4.79 Å². The molecule has 22 heavy (non-hydrogen) atoms. The lowest BCUT2D eigenvalue weighted by molar-refractivity contribution is -0.116. The van der Waals surface area contributed by atoms with E-state index in [1.165, 1.54) is 23.7 Å². The summed E-state index contributed by atoms with van der Waals surface area (Å²) >= 11 is 0. The van der Waals surface area contributed by atoms with E-state index in [9.17, 15) is 4.79 Å². The number of hydrogen-bond donors (Lipinski definition) is 1. The number of anilines is 2. The van der Waals surface area contributed by atoms with Crippen molar-refractivity contribution in [1.29, 1.82) is 0 Å². The van der Waals surface area contributed by atoms with E-state index >= 15 is 0 Å². The second kappa shape index (κ2) is 6.50. The summed E-state index contributed by atoms with van der Waals surface area (Å²) in [5.41, 5.74) is 0. The predicted molar refractivity (Wildman–Crippen MR) is 81.3 cm³/mol. The van der Waals surface area contributed by atoms with E-state index in [-0.39, 0.29) is 12.5 Å². The Balaban J connectivity index is 1.62. The molecule has 8 heteroatoms. The van der Waals surface area contributed by atoms with Crippen molar-refractivity contribution in [2.24, 2.45) is 5.92 Å². The van der Waals surface area contributed by atoms with Crippen LogP contribution in [-0.2, 0) is 11.3 Å². The largest absolute Gasteiger partial charge is 0.356 e. The van der Waals surface area contributed by atoms with Gasteiger partial charge in [-0.2, -0.15) is 5.10 Å². The molecule has 1 saturated heterocycles. The van der Waals surface area contributed by atoms with Crippen molar-refractivity contribution in [3.8, 4) is 0 Å². The minimum absolute atomic E-state index is 0.112. The maximum atomic E-state index is 11.9. The van der Waals surface area contributed by atoms with Gasteiger partial charge in [0.15, 0.2) is 0 Å². The number of aromatic nitrogens is 5. The first-order valence-electron chi connectivity index (χ1n) is 7.40. The van der Waals surface area contributed by atoms with Crippen LogP contribution in [0.4, 0.5) is 11.6 Å². The number of amides is 1. The lowest BCUT2D eigenvalue weighted by Gasteiger charge is -2.31. The molecule has 0 aliphatic carbocycles. The molecule has 1 aliphatic rings. The van der Waals surface area contributed by atoms with E-state index in [2.05, 4.69) is 37.2 Å². The first-order chi connectivity index (χ1) is 10.7. The zero-order chi connectivity index (χ0) is 15.4. The Morgan fingerprint density at radius 3 is 2.86 bits per heavy atom. The third-order valence-electron chi connectivity index (χ3n) is 3.80. The fraction of sp³-hybridized carbons (Fsp3) is 0.500. The molecule has 0 atom stereocenters. The minimum Gasteiger partial charge on any atom is -0.356 e. The lowest BCUT2D eigenvalue weighted by atomic mass is 9.99. The van der Waals surface area contributed by atoms with E-state index in [1.54, 1.807) is 0 Å². The van der Waals surface area contributed by atoms with Crippen LogP contribution in [-0.4, -0.2) is 43.7 Å². The molecule has 0 bridgehead atoms. The molecule has 0 saturated carbocycles. The molecular formula is C14H19N7O. The highest BCUT2D eigenvalue weighted by Crippen LogP contribution is 2.22. The van der Waals surface area contributed by atoms with Crippen molar-refractivity contribution < 1.29 is 4.79 Å². The van der Waals surface area contributed by atoms with Crippen LogP contribution < -0.4 is 10.2 Å². The normalized spacial score (nSPS) is 15.8. The summed E-state index contributed by atoms with van der Waals surface area (Å²) in [6.45, 7) is 4.36. The van der Waals surface area contributed by atoms with Crippen LogP contribution in [0.3, 0.4) is 0 Å². The van der Waals surface area contributed by atoms with Crippen LogP contribution in [0, 0.1) is 5.92 Å². The highest BCUT2D eigenvalue weighted by Gasteiger charge is 2.17. The van der Waals surface area contributed by atoms with Gasteiger partial charge in [0.1, 0.15) is 37.2 Å². The van der Waals surface area contributed by atoms with Gasteiger partial charge in [-0.05, 0) is 18.8 Å². The molecule has 8 nitrogen and oxygen atoms in total. The van der Waals surface area contributed by atoms with Crippen LogP contribution in [0.15, 0.2) is 25.0 Å². The van der Waals surface area contributed by atoms with Gasteiger partial charge in [-0.1, -0.05) is 6.92 Å². The van der Waals surface area contributed by atoms with E-state index in [4.69, 9.17) is 0 Å². The van der Waals surface area contributed by atoms with Gasteiger partial charge >= 0.3 is 0 Å². The van der Waals surface area contributed by atoms with Gasteiger partial charge in [-0.15, -0.1) is 0 Å².